The summed E-state index contributed by atoms with van der Waals surface area (Å²) in [6.45, 7) is 2.27. The van der Waals surface area contributed by atoms with Gasteiger partial charge in [-0.3, -0.25) is 0 Å². The maximum atomic E-state index is 8.48. The van der Waals surface area contributed by atoms with Gasteiger partial charge < -0.3 is 4.52 Å². The second kappa shape index (κ2) is 6.53. The Labute approximate surface area is 108 Å². The van der Waals surface area contributed by atoms with Gasteiger partial charge in [0, 0.05) is 18.8 Å². The molecule has 4 nitrogen and oxygen atoms in total. The number of unbranched alkanes of at least 4 members (excludes halogenated alkanes) is 1. The minimum absolute atomic E-state index is 0.487. The number of rotatable bonds is 5. The standard InChI is InChI=1S/C14H21N3O/c1-2-11-6-8-12(9-7-11)14-16-13(18-17-14)5-3-4-10-15/h11-12H,2-9H2,1H3. The summed E-state index contributed by atoms with van der Waals surface area (Å²) < 4.78 is 5.25. The van der Waals surface area contributed by atoms with Gasteiger partial charge in [0.2, 0.25) is 5.89 Å². The molecule has 98 valence electrons. The van der Waals surface area contributed by atoms with E-state index in [1.165, 1.54) is 32.1 Å². The Kier molecular flexibility index (Phi) is 4.74. The molecule has 1 aliphatic rings. The molecule has 18 heavy (non-hydrogen) atoms. The van der Waals surface area contributed by atoms with E-state index < -0.39 is 0 Å². The molecule has 0 radical (unpaired) electrons. The van der Waals surface area contributed by atoms with Crippen molar-refractivity contribution < 1.29 is 4.52 Å². The van der Waals surface area contributed by atoms with E-state index in [2.05, 4.69) is 23.1 Å². The topological polar surface area (TPSA) is 62.7 Å². The third kappa shape index (κ3) is 3.32. The maximum absolute atomic E-state index is 8.48. The highest BCUT2D eigenvalue weighted by Gasteiger charge is 2.24. The number of nitrogens with zero attached hydrogens (tertiary/aromatic N) is 3. The minimum atomic E-state index is 0.487. The molecular weight excluding hydrogens is 226 g/mol. The van der Waals surface area contributed by atoms with Gasteiger partial charge in [0.25, 0.3) is 0 Å². The summed E-state index contributed by atoms with van der Waals surface area (Å²) in [5, 5.41) is 12.6. The zero-order valence-electron chi connectivity index (χ0n) is 11.1. The van der Waals surface area contributed by atoms with Crippen molar-refractivity contribution in [1.82, 2.24) is 10.1 Å². The van der Waals surface area contributed by atoms with Crippen molar-refractivity contribution in [1.29, 1.82) is 5.26 Å². The minimum Gasteiger partial charge on any atom is -0.339 e. The molecule has 0 spiro atoms. The van der Waals surface area contributed by atoms with Crippen LogP contribution in [0, 0.1) is 17.2 Å². The molecule has 0 saturated heterocycles. The van der Waals surface area contributed by atoms with Gasteiger partial charge in [0.05, 0.1) is 6.07 Å². The van der Waals surface area contributed by atoms with Gasteiger partial charge in [-0.05, 0) is 38.0 Å². The van der Waals surface area contributed by atoms with Crippen LogP contribution in [0.15, 0.2) is 4.52 Å². The Hall–Kier alpha value is -1.37. The first kappa shape index (κ1) is 13.1. The molecule has 0 amide bonds. The van der Waals surface area contributed by atoms with Crippen LogP contribution >= 0.6 is 0 Å². The van der Waals surface area contributed by atoms with Crippen LogP contribution < -0.4 is 0 Å². The van der Waals surface area contributed by atoms with Crippen molar-refractivity contribution in [3.8, 4) is 6.07 Å². The number of hydrogen-bond acceptors (Lipinski definition) is 4. The summed E-state index contributed by atoms with van der Waals surface area (Å²) >= 11 is 0. The number of hydrogen-bond donors (Lipinski definition) is 0. The second-order valence-electron chi connectivity index (χ2n) is 5.18. The molecule has 1 aromatic heterocycles. The zero-order valence-corrected chi connectivity index (χ0v) is 11.1. The molecule has 0 aromatic carbocycles. The first-order chi connectivity index (χ1) is 8.83. The second-order valence-corrected chi connectivity index (χ2v) is 5.18. The third-order valence-electron chi connectivity index (χ3n) is 3.95. The lowest BCUT2D eigenvalue weighted by Gasteiger charge is -2.25. The molecule has 1 saturated carbocycles. The summed E-state index contributed by atoms with van der Waals surface area (Å²) in [5.74, 6) is 2.96. The fourth-order valence-electron chi connectivity index (χ4n) is 2.68. The van der Waals surface area contributed by atoms with E-state index in [4.69, 9.17) is 9.78 Å². The normalized spacial score (nSPS) is 23.8. The highest BCUT2D eigenvalue weighted by Crippen LogP contribution is 2.35. The first-order valence-corrected chi connectivity index (χ1v) is 7.03. The van der Waals surface area contributed by atoms with E-state index in [1.807, 2.05) is 0 Å². The van der Waals surface area contributed by atoms with Crippen LogP contribution in [0.25, 0.3) is 0 Å². The van der Waals surface area contributed by atoms with Crippen molar-refractivity contribution in [3.05, 3.63) is 11.7 Å². The number of nitriles is 1. The number of aromatic nitrogens is 2. The zero-order chi connectivity index (χ0) is 12.8. The predicted molar refractivity (Wildman–Crippen MR) is 67.8 cm³/mol. The van der Waals surface area contributed by atoms with Crippen molar-refractivity contribution in [2.75, 3.05) is 0 Å². The summed E-state index contributed by atoms with van der Waals surface area (Å²) in [7, 11) is 0. The molecule has 2 rings (SSSR count). The fraction of sp³-hybridized carbons (Fsp3) is 0.786. The highest BCUT2D eigenvalue weighted by atomic mass is 16.5. The van der Waals surface area contributed by atoms with Gasteiger partial charge >= 0.3 is 0 Å². The quantitative estimate of drug-likeness (QED) is 0.746. The van der Waals surface area contributed by atoms with E-state index in [-0.39, 0.29) is 0 Å². The largest absolute Gasteiger partial charge is 0.339 e. The average Bonchev–Trinajstić information content (AvgIpc) is 2.88. The average molecular weight is 247 g/mol. The molecule has 0 N–H and O–H groups in total. The van der Waals surface area contributed by atoms with E-state index in [0.29, 0.717) is 18.2 Å². The molecule has 0 atom stereocenters. The summed E-state index contributed by atoms with van der Waals surface area (Å²) in [4.78, 5) is 4.47. The van der Waals surface area contributed by atoms with Crippen LogP contribution in [0.3, 0.4) is 0 Å². The Morgan fingerprint density at radius 3 is 2.78 bits per heavy atom. The molecule has 1 fully saturated rings. The van der Waals surface area contributed by atoms with Gasteiger partial charge in [-0.25, -0.2) is 0 Å². The lowest BCUT2D eigenvalue weighted by atomic mass is 9.80. The summed E-state index contributed by atoms with van der Waals surface area (Å²) in [6.07, 6.45) is 8.34. The van der Waals surface area contributed by atoms with Crippen LogP contribution in [-0.4, -0.2) is 10.1 Å². The van der Waals surface area contributed by atoms with Gasteiger partial charge in [-0.2, -0.15) is 10.2 Å². The van der Waals surface area contributed by atoms with Crippen LogP contribution in [-0.2, 0) is 6.42 Å². The van der Waals surface area contributed by atoms with Crippen LogP contribution in [0.2, 0.25) is 0 Å². The molecule has 0 bridgehead atoms. The summed E-state index contributed by atoms with van der Waals surface area (Å²) in [6, 6.07) is 2.13. The SMILES string of the molecule is CCC1CCC(c2noc(CCCC#N)n2)CC1. The van der Waals surface area contributed by atoms with Crippen molar-refractivity contribution in [2.24, 2.45) is 5.92 Å². The molecule has 1 aliphatic carbocycles. The van der Waals surface area contributed by atoms with Crippen LogP contribution in [0.4, 0.5) is 0 Å². The Morgan fingerprint density at radius 1 is 1.33 bits per heavy atom. The van der Waals surface area contributed by atoms with Gasteiger partial charge in [0.1, 0.15) is 0 Å². The van der Waals surface area contributed by atoms with E-state index in [9.17, 15) is 0 Å². The van der Waals surface area contributed by atoms with E-state index in [0.717, 1.165) is 24.6 Å². The molecule has 1 heterocycles. The molecule has 0 aliphatic heterocycles. The van der Waals surface area contributed by atoms with E-state index >= 15 is 0 Å². The Morgan fingerprint density at radius 2 is 2.11 bits per heavy atom. The van der Waals surface area contributed by atoms with Crippen LogP contribution in [0.1, 0.15) is 69.5 Å². The smallest absolute Gasteiger partial charge is 0.226 e. The molecular formula is C14H21N3O. The lowest BCUT2D eigenvalue weighted by Crippen LogP contribution is -2.13. The van der Waals surface area contributed by atoms with Crippen molar-refractivity contribution in [2.45, 2.75) is 64.2 Å². The highest BCUT2D eigenvalue weighted by molar-refractivity contribution is 4.98. The van der Waals surface area contributed by atoms with Gasteiger partial charge in [-0.1, -0.05) is 18.5 Å². The Balaban J connectivity index is 1.85. The molecule has 1 aromatic rings. The molecule has 4 heteroatoms. The maximum Gasteiger partial charge on any atom is 0.226 e. The molecule has 0 unspecified atom stereocenters. The van der Waals surface area contributed by atoms with Gasteiger partial charge in [0.15, 0.2) is 5.82 Å². The number of aryl methyl sites for hydroxylation is 1. The van der Waals surface area contributed by atoms with Crippen molar-refractivity contribution in [3.63, 3.8) is 0 Å². The van der Waals surface area contributed by atoms with E-state index in [1.54, 1.807) is 0 Å². The first-order valence-electron chi connectivity index (χ1n) is 7.03. The third-order valence-corrected chi connectivity index (χ3v) is 3.95. The predicted octanol–water partition coefficient (Wildman–Crippen LogP) is 3.60. The Bertz CT molecular complexity index is 399. The van der Waals surface area contributed by atoms with Gasteiger partial charge in [-0.15, -0.1) is 0 Å². The van der Waals surface area contributed by atoms with Crippen LogP contribution in [0.5, 0.6) is 0 Å². The summed E-state index contributed by atoms with van der Waals surface area (Å²) in [5.41, 5.74) is 0. The fourth-order valence-corrected chi connectivity index (χ4v) is 2.68. The lowest BCUT2D eigenvalue weighted by molar-refractivity contribution is 0.303. The monoisotopic (exact) mass is 247 g/mol. The van der Waals surface area contributed by atoms with Crippen molar-refractivity contribution >= 4 is 0 Å².